The van der Waals surface area contributed by atoms with E-state index in [4.69, 9.17) is 4.74 Å². The molecule has 1 fully saturated rings. The molecule has 1 saturated heterocycles. The summed E-state index contributed by atoms with van der Waals surface area (Å²) in [5.41, 5.74) is 0.681. The fraction of sp³-hybridized carbons (Fsp3) is 0.238. The van der Waals surface area contributed by atoms with Gasteiger partial charge in [-0.1, -0.05) is 30.3 Å². The molecule has 0 aliphatic carbocycles. The van der Waals surface area contributed by atoms with Crippen molar-refractivity contribution in [2.24, 2.45) is 0 Å². The van der Waals surface area contributed by atoms with Crippen LogP contribution >= 0.6 is 0 Å². The van der Waals surface area contributed by atoms with Crippen LogP contribution in [-0.2, 0) is 4.79 Å². The van der Waals surface area contributed by atoms with Crippen LogP contribution in [-0.4, -0.2) is 30.6 Å². The summed E-state index contributed by atoms with van der Waals surface area (Å²) in [6.45, 7) is 2.07. The number of nitrogens with zero attached hydrogens (tertiary/aromatic N) is 2. The third-order valence-corrected chi connectivity index (χ3v) is 4.55. The summed E-state index contributed by atoms with van der Waals surface area (Å²) < 4.78 is 5.61. The highest BCUT2D eigenvalue weighted by molar-refractivity contribution is 5.92. The van der Waals surface area contributed by atoms with E-state index < -0.39 is 0 Å². The minimum absolute atomic E-state index is 0.0355. The summed E-state index contributed by atoms with van der Waals surface area (Å²) in [5, 5.41) is 5.06. The van der Waals surface area contributed by atoms with Crippen molar-refractivity contribution in [3.63, 3.8) is 0 Å². The molecule has 0 radical (unpaired) electrons. The molecule has 5 heteroatoms. The van der Waals surface area contributed by atoms with Gasteiger partial charge in [0.15, 0.2) is 6.61 Å². The van der Waals surface area contributed by atoms with Gasteiger partial charge in [-0.05, 0) is 47.9 Å². The third-order valence-electron chi connectivity index (χ3n) is 4.55. The molecule has 3 aromatic rings. The van der Waals surface area contributed by atoms with E-state index in [2.05, 4.69) is 15.2 Å². The molecule has 5 nitrogen and oxygen atoms in total. The van der Waals surface area contributed by atoms with Crippen LogP contribution in [0.5, 0.6) is 5.75 Å². The van der Waals surface area contributed by atoms with E-state index in [1.807, 2.05) is 54.6 Å². The maximum atomic E-state index is 12.1. The monoisotopic (exact) mass is 347 g/mol. The number of pyridine rings is 1. The van der Waals surface area contributed by atoms with Crippen LogP contribution in [0.4, 0.5) is 11.5 Å². The molecule has 26 heavy (non-hydrogen) atoms. The van der Waals surface area contributed by atoms with E-state index in [9.17, 15) is 4.79 Å². The van der Waals surface area contributed by atoms with Crippen molar-refractivity contribution in [2.45, 2.75) is 12.8 Å². The highest BCUT2D eigenvalue weighted by Gasteiger charge is 2.13. The predicted molar refractivity (Wildman–Crippen MR) is 104 cm³/mol. The summed E-state index contributed by atoms with van der Waals surface area (Å²) in [5.74, 6) is 1.45. The normalized spacial score (nSPS) is 13.8. The molecule has 0 spiro atoms. The molecule has 0 saturated carbocycles. The number of amides is 1. The lowest BCUT2D eigenvalue weighted by molar-refractivity contribution is -0.118. The van der Waals surface area contributed by atoms with Crippen molar-refractivity contribution in [1.29, 1.82) is 0 Å². The number of benzene rings is 2. The molecule has 1 amide bonds. The molecule has 0 unspecified atom stereocenters. The Morgan fingerprint density at radius 3 is 2.62 bits per heavy atom. The minimum atomic E-state index is -0.200. The van der Waals surface area contributed by atoms with Gasteiger partial charge in [0.1, 0.15) is 11.6 Å². The highest BCUT2D eigenvalue weighted by Crippen LogP contribution is 2.21. The first-order valence-electron chi connectivity index (χ1n) is 8.90. The standard InChI is InChI=1S/C21H21N3O2/c25-21(15-26-19-9-7-16-5-1-2-6-17(16)13-19)23-18-8-10-20(22-14-18)24-11-3-4-12-24/h1-2,5-10,13-14H,3-4,11-12,15H2,(H,23,25). The third kappa shape index (κ3) is 3.77. The lowest BCUT2D eigenvalue weighted by Crippen LogP contribution is -2.21. The fourth-order valence-electron chi connectivity index (χ4n) is 3.20. The number of carbonyl (C=O) groups excluding carboxylic acids is 1. The topological polar surface area (TPSA) is 54.5 Å². The van der Waals surface area contributed by atoms with E-state index in [1.165, 1.54) is 12.8 Å². The Balaban J connectivity index is 1.33. The zero-order valence-corrected chi connectivity index (χ0v) is 14.5. The zero-order valence-electron chi connectivity index (χ0n) is 14.5. The van der Waals surface area contributed by atoms with Gasteiger partial charge in [0.05, 0.1) is 11.9 Å². The first-order chi connectivity index (χ1) is 12.8. The van der Waals surface area contributed by atoms with Crippen LogP contribution in [0, 0.1) is 0 Å². The smallest absolute Gasteiger partial charge is 0.262 e. The van der Waals surface area contributed by atoms with Gasteiger partial charge in [-0.25, -0.2) is 4.98 Å². The van der Waals surface area contributed by atoms with E-state index in [1.54, 1.807) is 6.20 Å². The Kier molecular flexibility index (Phi) is 4.69. The fourth-order valence-corrected chi connectivity index (χ4v) is 3.20. The number of hydrogen-bond acceptors (Lipinski definition) is 4. The summed E-state index contributed by atoms with van der Waals surface area (Å²) in [6.07, 6.45) is 4.13. The number of nitrogens with one attached hydrogen (secondary N) is 1. The number of aromatic nitrogens is 1. The van der Waals surface area contributed by atoms with Gasteiger partial charge in [-0.2, -0.15) is 0 Å². The van der Waals surface area contributed by atoms with Crippen molar-refractivity contribution < 1.29 is 9.53 Å². The second-order valence-electron chi connectivity index (χ2n) is 6.45. The second-order valence-corrected chi connectivity index (χ2v) is 6.45. The molecular weight excluding hydrogens is 326 g/mol. The maximum absolute atomic E-state index is 12.1. The van der Waals surface area contributed by atoms with Gasteiger partial charge in [0, 0.05) is 13.1 Å². The molecule has 1 aromatic heterocycles. The molecule has 0 atom stereocenters. The van der Waals surface area contributed by atoms with Crippen LogP contribution in [0.3, 0.4) is 0 Å². The quantitative estimate of drug-likeness (QED) is 0.762. The molecule has 4 rings (SSSR count). The zero-order chi connectivity index (χ0) is 17.8. The lowest BCUT2D eigenvalue weighted by atomic mass is 10.1. The molecule has 1 aliphatic heterocycles. The van der Waals surface area contributed by atoms with Crippen molar-refractivity contribution in [3.05, 3.63) is 60.8 Å². The molecule has 2 aromatic carbocycles. The molecule has 0 bridgehead atoms. The Morgan fingerprint density at radius 1 is 1.04 bits per heavy atom. The summed E-state index contributed by atoms with van der Waals surface area (Å²) in [6, 6.07) is 17.7. The molecule has 1 N–H and O–H groups in total. The Hall–Kier alpha value is -3.08. The van der Waals surface area contributed by atoms with Gasteiger partial charge >= 0.3 is 0 Å². The number of hydrogen-bond donors (Lipinski definition) is 1. The van der Waals surface area contributed by atoms with Crippen LogP contribution in [0.2, 0.25) is 0 Å². The largest absolute Gasteiger partial charge is 0.484 e. The second kappa shape index (κ2) is 7.44. The van der Waals surface area contributed by atoms with Crippen LogP contribution < -0.4 is 15.0 Å². The Bertz CT molecular complexity index is 903. The summed E-state index contributed by atoms with van der Waals surface area (Å²) in [7, 11) is 0. The van der Waals surface area contributed by atoms with Crippen LogP contribution in [0.1, 0.15) is 12.8 Å². The number of rotatable bonds is 5. The average Bonchev–Trinajstić information content (AvgIpc) is 3.22. The van der Waals surface area contributed by atoms with Gasteiger partial charge in [-0.3, -0.25) is 4.79 Å². The van der Waals surface area contributed by atoms with E-state index in [0.29, 0.717) is 11.4 Å². The first-order valence-corrected chi connectivity index (χ1v) is 8.90. The molecule has 132 valence electrons. The number of carbonyl (C=O) groups is 1. The van der Waals surface area contributed by atoms with E-state index in [0.717, 1.165) is 29.7 Å². The SMILES string of the molecule is O=C(COc1ccc2ccccc2c1)Nc1ccc(N2CCCC2)nc1. The van der Waals surface area contributed by atoms with Crippen molar-refractivity contribution in [2.75, 3.05) is 29.9 Å². The molecule has 2 heterocycles. The predicted octanol–water partition coefficient (Wildman–Crippen LogP) is 3.85. The first kappa shape index (κ1) is 16.4. The number of anilines is 2. The minimum Gasteiger partial charge on any atom is -0.484 e. The number of ether oxygens (including phenoxy) is 1. The lowest BCUT2D eigenvalue weighted by Gasteiger charge is -2.16. The maximum Gasteiger partial charge on any atom is 0.262 e. The Morgan fingerprint density at radius 2 is 1.85 bits per heavy atom. The van der Waals surface area contributed by atoms with E-state index >= 15 is 0 Å². The van der Waals surface area contributed by atoms with Gasteiger partial charge in [0.2, 0.25) is 0 Å². The average molecular weight is 347 g/mol. The van der Waals surface area contributed by atoms with Crippen LogP contribution in [0.25, 0.3) is 10.8 Å². The van der Waals surface area contributed by atoms with Gasteiger partial charge in [-0.15, -0.1) is 0 Å². The highest BCUT2D eigenvalue weighted by atomic mass is 16.5. The Labute approximate surface area is 152 Å². The van der Waals surface area contributed by atoms with Gasteiger partial charge in [0.25, 0.3) is 5.91 Å². The number of fused-ring (bicyclic) bond motifs is 1. The summed E-state index contributed by atoms with van der Waals surface area (Å²) >= 11 is 0. The van der Waals surface area contributed by atoms with Crippen molar-refractivity contribution >= 4 is 28.2 Å². The van der Waals surface area contributed by atoms with Crippen molar-refractivity contribution in [3.8, 4) is 5.75 Å². The molecular formula is C21H21N3O2. The van der Waals surface area contributed by atoms with Gasteiger partial charge < -0.3 is 15.0 Å². The molecule has 1 aliphatic rings. The van der Waals surface area contributed by atoms with Crippen molar-refractivity contribution in [1.82, 2.24) is 4.98 Å². The van der Waals surface area contributed by atoms with E-state index in [-0.39, 0.29) is 12.5 Å². The van der Waals surface area contributed by atoms with Crippen LogP contribution in [0.15, 0.2) is 60.8 Å². The summed E-state index contributed by atoms with van der Waals surface area (Å²) in [4.78, 5) is 18.8.